The highest BCUT2D eigenvalue weighted by Gasteiger charge is 2.28. The molecule has 1 saturated heterocycles. The van der Waals surface area contributed by atoms with E-state index in [0.717, 1.165) is 0 Å². The molecule has 17 heavy (non-hydrogen) atoms. The van der Waals surface area contributed by atoms with E-state index < -0.39 is 5.97 Å². The van der Waals surface area contributed by atoms with Gasteiger partial charge >= 0.3 is 5.97 Å². The van der Waals surface area contributed by atoms with E-state index in [1.807, 2.05) is 0 Å². The second-order valence-corrected chi connectivity index (χ2v) is 3.86. The molecule has 2 N–H and O–H groups in total. The second-order valence-electron chi connectivity index (χ2n) is 3.86. The molecule has 0 saturated carbocycles. The zero-order valence-electron chi connectivity index (χ0n) is 9.42. The van der Waals surface area contributed by atoms with Crippen LogP contribution in [0.25, 0.3) is 0 Å². The molecule has 1 aliphatic rings. The van der Waals surface area contributed by atoms with Crippen molar-refractivity contribution in [3.63, 3.8) is 0 Å². The van der Waals surface area contributed by atoms with Crippen LogP contribution in [0.1, 0.15) is 16.9 Å². The summed E-state index contributed by atoms with van der Waals surface area (Å²) >= 11 is 0. The van der Waals surface area contributed by atoms with Crippen LogP contribution in [0.15, 0.2) is 18.3 Å². The van der Waals surface area contributed by atoms with Gasteiger partial charge in [-0.05, 0) is 12.1 Å². The van der Waals surface area contributed by atoms with E-state index in [0.29, 0.717) is 18.7 Å². The maximum Gasteiger partial charge on any atom is 0.356 e. The van der Waals surface area contributed by atoms with Crippen LogP contribution < -0.4 is 10.6 Å². The molecular formula is C11H13N3O3. The largest absolute Gasteiger partial charge is 0.464 e. The minimum absolute atomic E-state index is 0.0421. The summed E-state index contributed by atoms with van der Waals surface area (Å²) in [4.78, 5) is 28.4. The first-order valence-electron chi connectivity index (χ1n) is 5.22. The fourth-order valence-electron chi connectivity index (χ4n) is 1.79. The van der Waals surface area contributed by atoms with Crippen molar-refractivity contribution in [2.75, 3.05) is 18.6 Å². The van der Waals surface area contributed by atoms with E-state index in [-0.39, 0.29) is 17.6 Å². The van der Waals surface area contributed by atoms with Gasteiger partial charge in [0, 0.05) is 30.9 Å². The van der Waals surface area contributed by atoms with E-state index in [1.54, 1.807) is 11.0 Å². The van der Waals surface area contributed by atoms with E-state index in [9.17, 15) is 9.59 Å². The van der Waals surface area contributed by atoms with E-state index >= 15 is 0 Å². The summed E-state index contributed by atoms with van der Waals surface area (Å²) in [5, 5.41) is 0. The molecule has 1 unspecified atom stereocenters. The molecule has 0 radical (unpaired) electrons. The number of nitrogens with two attached hydrogens (primary N) is 1. The van der Waals surface area contributed by atoms with Crippen LogP contribution in [0.2, 0.25) is 0 Å². The lowest BCUT2D eigenvalue weighted by Gasteiger charge is -2.16. The maximum atomic E-state index is 11.6. The van der Waals surface area contributed by atoms with Gasteiger partial charge in [-0.15, -0.1) is 0 Å². The van der Waals surface area contributed by atoms with Gasteiger partial charge in [-0.1, -0.05) is 0 Å². The number of ether oxygens (including phenoxy) is 1. The number of hydrogen-bond donors (Lipinski definition) is 1. The van der Waals surface area contributed by atoms with Crippen molar-refractivity contribution in [3.05, 3.63) is 24.0 Å². The number of amides is 1. The molecule has 1 aromatic rings. The Morgan fingerprint density at radius 2 is 2.41 bits per heavy atom. The Bertz CT molecular complexity index is 461. The molecule has 6 heteroatoms. The molecule has 1 fully saturated rings. The first-order valence-corrected chi connectivity index (χ1v) is 5.22. The number of carbonyl (C=O) groups is 2. The van der Waals surface area contributed by atoms with Gasteiger partial charge in [0.05, 0.1) is 7.11 Å². The van der Waals surface area contributed by atoms with Gasteiger partial charge in [0.15, 0.2) is 0 Å². The molecular weight excluding hydrogens is 222 g/mol. The Labute approximate surface area is 98.4 Å². The normalized spacial score (nSPS) is 19.5. The average Bonchev–Trinajstić information content (AvgIpc) is 2.67. The van der Waals surface area contributed by atoms with Gasteiger partial charge in [-0.3, -0.25) is 4.79 Å². The third-order valence-corrected chi connectivity index (χ3v) is 2.60. The third-order valence-electron chi connectivity index (χ3n) is 2.60. The molecule has 0 aromatic carbocycles. The maximum absolute atomic E-state index is 11.6. The van der Waals surface area contributed by atoms with Gasteiger partial charge in [-0.25, -0.2) is 9.78 Å². The summed E-state index contributed by atoms with van der Waals surface area (Å²) < 4.78 is 4.57. The second kappa shape index (κ2) is 4.50. The first-order chi connectivity index (χ1) is 8.11. The summed E-state index contributed by atoms with van der Waals surface area (Å²) in [5.74, 6) is -0.567. The summed E-state index contributed by atoms with van der Waals surface area (Å²) in [7, 11) is 1.29. The number of aromatic nitrogens is 1. The van der Waals surface area contributed by atoms with Gasteiger partial charge < -0.3 is 15.4 Å². The molecule has 90 valence electrons. The van der Waals surface area contributed by atoms with E-state index in [1.165, 1.54) is 19.4 Å². The van der Waals surface area contributed by atoms with E-state index in [2.05, 4.69) is 9.72 Å². The van der Waals surface area contributed by atoms with Crippen molar-refractivity contribution in [1.82, 2.24) is 4.98 Å². The highest BCUT2D eigenvalue weighted by atomic mass is 16.5. The SMILES string of the molecule is COC(=O)c1cc(N2CC(N)CC2=O)ccn1. The number of methoxy groups -OCH3 is 1. The van der Waals surface area contributed by atoms with Crippen LogP contribution >= 0.6 is 0 Å². The molecule has 0 bridgehead atoms. The van der Waals surface area contributed by atoms with Gasteiger partial charge in [0.1, 0.15) is 5.69 Å². The van der Waals surface area contributed by atoms with Crippen LogP contribution in [0.4, 0.5) is 5.69 Å². The van der Waals surface area contributed by atoms with Gasteiger partial charge in [-0.2, -0.15) is 0 Å². The molecule has 1 atom stereocenters. The Balaban J connectivity index is 2.27. The smallest absolute Gasteiger partial charge is 0.356 e. The third kappa shape index (κ3) is 2.26. The summed E-state index contributed by atoms with van der Waals surface area (Å²) in [6, 6.07) is 3.04. The average molecular weight is 235 g/mol. The molecule has 0 spiro atoms. The quantitative estimate of drug-likeness (QED) is 0.725. The Hall–Kier alpha value is -1.95. The lowest BCUT2D eigenvalue weighted by atomic mass is 10.3. The van der Waals surface area contributed by atoms with Crippen molar-refractivity contribution >= 4 is 17.6 Å². The molecule has 1 aromatic heterocycles. The van der Waals surface area contributed by atoms with Gasteiger partial charge in [0.25, 0.3) is 0 Å². The standard InChI is InChI=1S/C11H13N3O3/c1-17-11(16)9-5-8(2-3-13-9)14-6-7(12)4-10(14)15/h2-3,5,7H,4,6,12H2,1H3. The predicted octanol–water partition coefficient (Wildman–Crippen LogP) is -0.0678. The van der Waals surface area contributed by atoms with Crippen LogP contribution in [-0.2, 0) is 9.53 Å². The number of hydrogen-bond acceptors (Lipinski definition) is 5. The Morgan fingerprint density at radius 3 is 3.00 bits per heavy atom. The molecule has 6 nitrogen and oxygen atoms in total. The molecule has 2 rings (SSSR count). The molecule has 1 amide bonds. The Kier molecular flexibility index (Phi) is 3.06. The number of esters is 1. The lowest BCUT2D eigenvalue weighted by Crippen LogP contribution is -2.28. The lowest BCUT2D eigenvalue weighted by molar-refractivity contribution is -0.117. The van der Waals surface area contributed by atoms with Crippen LogP contribution in [0.3, 0.4) is 0 Å². The minimum Gasteiger partial charge on any atom is -0.464 e. The molecule has 0 aliphatic carbocycles. The predicted molar refractivity (Wildman–Crippen MR) is 60.5 cm³/mol. The summed E-state index contributed by atoms with van der Waals surface area (Å²) in [6.07, 6.45) is 1.80. The monoisotopic (exact) mass is 235 g/mol. The number of carbonyl (C=O) groups excluding carboxylic acids is 2. The first kappa shape index (κ1) is 11.5. The van der Waals surface area contributed by atoms with Gasteiger partial charge in [0.2, 0.25) is 5.91 Å². The van der Waals surface area contributed by atoms with Crippen molar-refractivity contribution in [2.45, 2.75) is 12.5 Å². The molecule has 2 heterocycles. The summed E-state index contributed by atoms with van der Waals surface area (Å²) in [5.41, 5.74) is 6.51. The highest BCUT2D eigenvalue weighted by molar-refractivity contribution is 5.97. The molecule has 1 aliphatic heterocycles. The van der Waals surface area contributed by atoms with Crippen LogP contribution in [0.5, 0.6) is 0 Å². The topological polar surface area (TPSA) is 85.5 Å². The number of pyridine rings is 1. The zero-order chi connectivity index (χ0) is 12.4. The van der Waals surface area contributed by atoms with Crippen molar-refractivity contribution in [3.8, 4) is 0 Å². The number of anilines is 1. The van der Waals surface area contributed by atoms with Crippen LogP contribution in [-0.4, -0.2) is 36.6 Å². The van der Waals surface area contributed by atoms with Crippen molar-refractivity contribution in [2.24, 2.45) is 5.73 Å². The Morgan fingerprint density at radius 1 is 1.65 bits per heavy atom. The number of nitrogens with zero attached hydrogens (tertiary/aromatic N) is 2. The fraction of sp³-hybridized carbons (Fsp3) is 0.364. The van der Waals surface area contributed by atoms with Crippen LogP contribution in [0, 0.1) is 0 Å². The fourth-order valence-corrected chi connectivity index (χ4v) is 1.79. The highest BCUT2D eigenvalue weighted by Crippen LogP contribution is 2.21. The zero-order valence-corrected chi connectivity index (χ0v) is 9.42. The summed E-state index contributed by atoms with van der Waals surface area (Å²) in [6.45, 7) is 0.462. The number of rotatable bonds is 2. The van der Waals surface area contributed by atoms with Crippen molar-refractivity contribution in [1.29, 1.82) is 0 Å². The van der Waals surface area contributed by atoms with E-state index in [4.69, 9.17) is 5.73 Å². The minimum atomic E-state index is -0.525. The van der Waals surface area contributed by atoms with Crippen molar-refractivity contribution < 1.29 is 14.3 Å².